The highest BCUT2D eigenvalue weighted by molar-refractivity contribution is 7.48. The molecule has 0 saturated heterocycles. The van der Waals surface area contributed by atoms with Gasteiger partial charge in [0.2, 0.25) is 0 Å². The molecule has 0 aromatic heterocycles. The molecule has 0 nitrogen and oxygen atoms in total. The molecule has 1 aliphatic rings. The molecule has 0 unspecified atom stereocenters. The van der Waals surface area contributed by atoms with E-state index in [1.54, 1.807) is 8.58 Å². The third-order valence-electron chi connectivity index (χ3n) is 2.69. The molecule has 1 aliphatic carbocycles. The Hall–Kier alpha value is -0.350. The predicted octanol–water partition coefficient (Wildman–Crippen LogP) is 3.51. The molecule has 69 valence electrons. The molecule has 0 spiro atoms. The SMILES string of the molecule is Cc1ccc([P]C2CCCC2)cc1. The summed E-state index contributed by atoms with van der Waals surface area (Å²) in [6, 6.07) is 8.99. The van der Waals surface area contributed by atoms with Crippen molar-refractivity contribution in [3.63, 3.8) is 0 Å². The molecule has 2 rings (SSSR count). The fourth-order valence-corrected chi connectivity index (χ4v) is 3.24. The number of hydrogen-bond donors (Lipinski definition) is 0. The second-order valence-corrected chi connectivity index (χ2v) is 5.41. The molecule has 0 heterocycles. The fraction of sp³-hybridized carbons (Fsp3) is 0.500. The van der Waals surface area contributed by atoms with E-state index < -0.39 is 0 Å². The third-order valence-corrected chi connectivity index (χ3v) is 4.17. The maximum absolute atomic E-state index is 2.27. The van der Waals surface area contributed by atoms with Crippen molar-refractivity contribution in [3.8, 4) is 0 Å². The first-order valence-electron chi connectivity index (χ1n) is 5.12. The van der Waals surface area contributed by atoms with Crippen LogP contribution in [-0.4, -0.2) is 5.66 Å². The van der Waals surface area contributed by atoms with Crippen molar-refractivity contribution in [1.29, 1.82) is 0 Å². The Morgan fingerprint density at radius 1 is 1.08 bits per heavy atom. The Morgan fingerprint density at radius 2 is 1.69 bits per heavy atom. The lowest BCUT2D eigenvalue weighted by atomic mass is 10.2. The van der Waals surface area contributed by atoms with Gasteiger partial charge < -0.3 is 0 Å². The van der Waals surface area contributed by atoms with Crippen LogP contribution in [0.3, 0.4) is 0 Å². The van der Waals surface area contributed by atoms with Gasteiger partial charge in [-0.1, -0.05) is 42.7 Å². The third kappa shape index (κ3) is 2.54. The van der Waals surface area contributed by atoms with Crippen LogP contribution in [0.25, 0.3) is 0 Å². The average Bonchev–Trinajstić information content (AvgIpc) is 2.62. The summed E-state index contributed by atoms with van der Waals surface area (Å²) in [5.41, 5.74) is 2.31. The summed E-state index contributed by atoms with van der Waals surface area (Å²) >= 11 is 0. The van der Waals surface area contributed by atoms with Gasteiger partial charge in [0.05, 0.1) is 0 Å². The number of benzene rings is 1. The normalized spacial score (nSPS) is 18.8. The Balaban J connectivity index is 1.97. The van der Waals surface area contributed by atoms with Crippen LogP contribution >= 0.6 is 8.58 Å². The zero-order chi connectivity index (χ0) is 9.10. The lowest BCUT2D eigenvalue weighted by Gasteiger charge is -2.07. The van der Waals surface area contributed by atoms with Crippen molar-refractivity contribution in [2.45, 2.75) is 38.3 Å². The Bertz CT molecular complexity index is 257. The molecule has 1 radical (unpaired) electrons. The molecule has 1 aromatic carbocycles. The lowest BCUT2D eigenvalue weighted by molar-refractivity contribution is 0.886. The van der Waals surface area contributed by atoms with E-state index in [0.29, 0.717) is 0 Å². The molecule has 1 fully saturated rings. The Labute approximate surface area is 82.5 Å². The van der Waals surface area contributed by atoms with Gasteiger partial charge in [-0.3, -0.25) is 0 Å². The van der Waals surface area contributed by atoms with E-state index >= 15 is 0 Å². The van der Waals surface area contributed by atoms with Crippen LogP contribution in [-0.2, 0) is 0 Å². The number of rotatable bonds is 2. The summed E-state index contributed by atoms with van der Waals surface area (Å²) in [5.74, 6) is 0. The minimum atomic E-state index is 0.947. The maximum atomic E-state index is 2.27. The summed E-state index contributed by atoms with van der Waals surface area (Å²) in [5, 5.41) is 1.50. The predicted molar refractivity (Wildman–Crippen MR) is 60.0 cm³/mol. The molecule has 0 atom stereocenters. The Morgan fingerprint density at radius 3 is 2.31 bits per heavy atom. The first kappa shape index (κ1) is 9.21. The number of aryl methyl sites for hydroxylation is 1. The highest BCUT2D eigenvalue weighted by atomic mass is 31.1. The molecular weight excluding hydrogens is 175 g/mol. The molecule has 1 saturated carbocycles. The van der Waals surface area contributed by atoms with Crippen molar-refractivity contribution >= 4 is 13.9 Å². The zero-order valence-electron chi connectivity index (χ0n) is 8.16. The second kappa shape index (κ2) is 4.24. The van der Waals surface area contributed by atoms with Gasteiger partial charge in [0.25, 0.3) is 0 Å². The monoisotopic (exact) mass is 191 g/mol. The topological polar surface area (TPSA) is 0 Å². The smallest absolute Gasteiger partial charge is 0.0127 e. The Kier molecular flexibility index (Phi) is 3.01. The summed E-state index contributed by atoms with van der Waals surface area (Å²) in [6.07, 6.45) is 5.78. The van der Waals surface area contributed by atoms with E-state index in [0.717, 1.165) is 5.66 Å². The maximum Gasteiger partial charge on any atom is -0.0127 e. The van der Waals surface area contributed by atoms with E-state index in [9.17, 15) is 0 Å². The summed E-state index contributed by atoms with van der Waals surface area (Å²) in [4.78, 5) is 0. The van der Waals surface area contributed by atoms with Crippen LogP contribution < -0.4 is 5.30 Å². The minimum Gasteiger partial charge on any atom is -0.0587 e. The van der Waals surface area contributed by atoms with Gasteiger partial charge in [-0.25, -0.2) is 0 Å². The van der Waals surface area contributed by atoms with Crippen LogP contribution in [0.2, 0.25) is 0 Å². The molecule has 13 heavy (non-hydrogen) atoms. The van der Waals surface area contributed by atoms with Crippen LogP contribution in [0.15, 0.2) is 24.3 Å². The van der Waals surface area contributed by atoms with Crippen LogP contribution in [0.5, 0.6) is 0 Å². The van der Waals surface area contributed by atoms with Crippen molar-refractivity contribution in [2.75, 3.05) is 0 Å². The van der Waals surface area contributed by atoms with Gasteiger partial charge in [0.1, 0.15) is 0 Å². The molecule has 1 aromatic rings. The molecule has 0 amide bonds. The van der Waals surface area contributed by atoms with Crippen molar-refractivity contribution < 1.29 is 0 Å². The van der Waals surface area contributed by atoms with Gasteiger partial charge in [-0.05, 0) is 39.3 Å². The summed E-state index contributed by atoms with van der Waals surface area (Å²) < 4.78 is 0. The van der Waals surface area contributed by atoms with E-state index in [4.69, 9.17) is 0 Å². The first-order valence-corrected chi connectivity index (χ1v) is 6.08. The molecule has 1 heteroatoms. The van der Waals surface area contributed by atoms with Crippen molar-refractivity contribution in [1.82, 2.24) is 0 Å². The largest absolute Gasteiger partial charge is 0.0587 e. The van der Waals surface area contributed by atoms with Crippen molar-refractivity contribution in [3.05, 3.63) is 29.8 Å². The lowest BCUT2D eigenvalue weighted by Crippen LogP contribution is -2.01. The first-order chi connectivity index (χ1) is 6.34. The van der Waals surface area contributed by atoms with Gasteiger partial charge in [-0.2, -0.15) is 0 Å². The van der Waals surface area contributed by atoms with Crippen LogP contribution in [0, 0.1) is 6.92 Å². The van der Waals surface area contributed by atoms with Crippen molar-refractivity contribution in [2.24, 2.45) is 0 Å². The zero-order valence-corrected chi connectivity index (χ0v) is 9.06. The second-order valence-electron chi connectivity index (χ2n) is 3.90. The molecule has 0 bridgehead atoms. The summed E-state index contributed by atoms with van der Waals surface area (Å²) in [7, 11) is 1.56. The molecule has 0 aliphatic heterocycles. The molecular formula is C12H16P. The fourth-order valence-electron chi connectivity index (χ4n) is 1.88. The highest BCUT2D eigenvalue weighted by Gasteiger charge is 2.15. The number of hydrogen-bond acceptors (Lipinski definition) is 0. The van der Waals surface area contributed by atoms with Crippen LogP contribution in [0.1, 0.15) is 31.2 Å². The van der Waals surface area contributed by atoms with Gasteiger partial charge in [0, 0.05) is 0 Å². The summed E-state index contributed by atoms with van der Waals surface area (Å²) in [6.45, 7) is 2.15. The van der Waals surface area contributed by atoms with Gasteiger partial charge >= 0.3 is 0 Å². The standard InChI is InChI=1S/C12H16P/c1-10-6-8-12(9-7-10)13-11-4-2-3-5-11/h6-9,11H,2-5H2,1H3. The average molecular weight is 191 g/mol. The van der Waals surface area contributed by atoms with Gasteiger partial charge in [-0.15, -0.1) is 0 Å². The molecule has 0 N–H and O–H groups in total. The van der Waals surface area contributed by atoms with Gasteiger partial charge in [0.15, 0.2) is 0 Å². The van der Waals surface area contributed by atoms with E-state index in [1.807, 2.05) is 0 Å². The minimum absolute atomic E-state index is 0.947. The van der Waals surface area contributed by atoms with E-state index in [-0.39, 0.29) is 0 Å². The van der Waals surface area contributed by atoms with Crippen LogP contribution in [0.4, 0.5) is 0 Å². The highest BCUT2D eigenvalue weighted by Crippen LogP contribution is 2.33. The quantitative estimate of drug-likeness (QED) is 0.627. The van der Waals surface area contributed by atoms with E-state index in [2.05, 4.69) is 31.2 Å². The van der Waals surface area contributed by atoms with E-state index in [1.165, 1.54) is 36.6 Å².